The van der Waals surface area contributed by atoms with E-state index in [-0.39, 0.29) is 0 Å². The van der Waals surface area contributed by atoms with Crippen LogP contribution in [0.4, 0.5) is 11.4 Å². The predicted octanol–water partition coefficient (Wildman–Crippen LogP) is 3.06. The normalized spacial score (nSPS) is 26.2. The molecule has 21 heavy (non-hydrogen) atoms. The van der Waals surface area contributed by atoms with E-state index < -0.39 is 0 Å². The maximum absolute atomic E-state index is 2.72. The summed E-state index contributed by atoms with van der Waals surface area (Å²) in [4.78, 5) is 7.55. The minimum absolute atomic E-state index is 0.643. The first kappa shape index (κ1) is 14.7. The van der Waals surface area contributed by atoms with Gasteiger partial charge in [-0.25, -0.2) is 0 Å². The van der Waals surface area contributed by atoms with Crippen molar-refractivity contribution >= 4 is 11.4 Å². The second-order valence-electron chi connectivity index (χ2n) is 7.17. The third-order valence-corrected chi connectivity index (χ3v) is 5.20. The fraction of sp³-hybridized carbons (Fsp3) is 0.667. The lowest BCUT2D eigenvalue weighted by molar-refractivity contribution is 0.176. The van der Waals surface area contributed by atoms with Gasteiger partial charge in [0.15, 0.2) is 0 Å². The molecular weight excluding hydrogens is 258 g/mol. The van der Waals surface area contributed by atoms with Crippen LogP contribution in [-0.2, 0) is 0 Å². The number of piperazine rings is 1. The molecule has 2 unspecified atom stereocenters. The topological polar surface area (TPSA) is 9.72 Å². The smallest absolute Gasteiger partial charge is 0.0440 e. The van der Waals surface area contributed by atoms with Crippen molar-refractivity contribution in [3.05, 3.63) is 24.3 Å². The number of hydrogen-bond donors (Lipinski definition) is 0. The Balaban J connectivity index is 1.83. The highest BCUT2D eigenvalue weighted by atomic mass is 15.3. The van der Waals surface area contributed by atoms with Gasteiger partial charge in [-0.3, -0.25) is 4.90 Å². The van der Waals surface area contributed by atoms with Gasteiger partial charge in [0.25, 0.3) is 0 Å². The van der Waals surface area contributed by atoms with Gasteiger partial charge >= 0.3 is 0 Å². The van der Waals surface area contributed by atoms with Crippen LogP contribution in [0, 0.1) is 5.92 Å². The summed E-state index contributed by atoms with van der Waals surface area (Å²) in [5.74, 6) is 0.695. The van der Waals surface area contributed by atoms with E-state index in [1.54, 1.807) is 0 Å². The minimum atomic E-state index is 0.643. The number of benzene rings is 1. The molecule has 3 nitrogen and oxygen atoms in total. The summed E-state index contributed by atoms with van der Waals surface area (Å²) in [5, 5.41) is 0. The number of nitrogens with zero attached hydrogens (tertiary/aromatic N) is 3. The van der Waals surface area contributed by atoms with Crippen LogP contribution >= 0.6 is 0 Å². The van der Waals surface area contributed by atoms with Crippen molar-refractivity contribution in [3.8, 4) is 0 Å². The monoisotopic (exact) mass is 287 g/mol. The number of rotatable bonds is 3. The third kappa shape index (κ3) is 2.89. The van der Waals surface area contributed by atoms with E-state index in [0.29, 0.717) is 12.0 Å². The van der Waals surface area contributed by atoms with Gasteiger partial charge in [-0.05, 0) is 49.6 Å². The number of hydrogen-bond acceptors (Lipinski definition) is 3. The standard InChI is InChI=1S/C18H29N3/c1-14(2)18-13-20-11-5-6-17(20)12-21(18)16-9-7-15(8-10-16)19(3)4/h7-10,14,17-18H,5-6,11-13H2,1-4H3. The van der Waals surface area contributed by atoms with Crippen LogP contribution < -0.4 is 9.80 Å². The van der Waals surface area contributed by atoms with Crippen LogP contribution in [0.25, 0.3) is 0 Å². The largest absolute Gasteiger partial charge is 0.378 e. The maximum atomic E-state index is 2.72. The van der Waals surface area contributed by atoms with E-state index in [1.807, 2.05) is 0 Å². The van der Waals surface area contributed by atoms with Gasteiger partial charge in [0, 0.05) is 50.6 Å². The summed E-state index contributed by atoms with van der Waals surface area (Å²) >= 11 is 0. The van der Waals surface area contributed by atoms with E-state index in [4.69, 9.17) is 0 Å². The Hall–Kier alpha value is -1.22. The lowest BCUT2D eigenvalue weighted by Gasteiger charge is -2.47. The Bertz CT molecular complexity index is 466. The van der Waals surface area contributed by atoms with Gasteiger partial charge < -0.3 is 9.80 Å². The van der Waals surface area contributed by atoms with Crippen LogP contribution in [0.15, 0.2) is 24.3 Å². The van der Waals surface area contributed by atoms with Gasteiger partial charge in [-0.2, -0.15) is 0 Å². The molecule has 116 valence electrons. The van der Waals surface area contributed by atoms with Crippen molar-refractivity contribution in [1.29, 1.82) is 0 Å². The predicted molar refractivity (Wildman–Crippen MR) is 91.3 cm³/mol. The van der Waals surface area contributed by atoms with Crippen molar-refractivity contribution in [2.45, 2.75) is 38.8 Å². The summed E-state index contributed by atoms with van der Waals surface area (Å²) in [6, 6.07) is 10.5. The number of anilines is 2. The molecule has 2 atom stereocenters. The first-order valence-corrected chi connectivity index (χ1v) is 8.34. The van der Waals surface area contributed by atoms with Crippen molar-refractivity contribution < 1.29 is 0 Å². The highest BCUT2D eigenvalue weighted by molar-refractivity contribution is 5.56. The van der Waals surface area contributed by atoms with Crippen molar-refractivity contribution in [2.24, 2.45) is 5.92 Å². The Kier molecular flexibility index (Phi) is 4.12. The Labute approximate surface area is 129 Å². The highest BCUT2D eigenvalue weighted by Crippen LogP contribution is 2.32. The molecule has 2 aliphatic rings. The van der Waals surface area contributed by atoms with E-state index in [1.165, 1.54) is 43.9 Å². The van der Waals surface area contributed by atoms with Crippen LogP contribution in [0.5, 0.6) is 0 Å². The van der Waals surface area contributed by atoms with Gasteiger partial charge in [0.1, 0.15) is 0 Å². The molecule has 0 aliphatic carbocycles. The zero-order valence-corrected chi connectivity index (χ0v) is 13.9. The molecule has 0 amide bonds. The molecule has 0 saturated carbocycles. The fourth-order valence-corrected chi connectivity index (χ4v) is 3.85. The summed E-state index contributed by atoms with van der Waals surface area (Å²) in [6.45, 7) is 8.47. The summed E-state index contributed by atoms with van der Waals surface area (Å²) in [7, 11) is 4.20. The molecule has 0 bridgehead atoms. The molecule has 1 aromatic rings. The molecule has 2 fully saturated rings. The molecule has 3 rings (SSSR count). The van der Waals surface area contributed by atoms with Gasteiger partial charge in [0.05, 0.1) is 0 Å². The molecular formula is C18H29N3. The molecule has 2 heterocycles. The molecule has 2 saturated heterocycles. The first-order chi connectivity index (χ1) is 10.1. The average Bonchev–Trinajstić information content (AvgIpc) is 2.93. The lowest BCUT2D eigenvalue weighted by Crippen LogP contribution is -2.58. The Morgan fingerprint density at radius 1 is 1.10 bits per heavy atom. The maximum Gasteiger partial charge on any atom is 0.0440 e. The van der Waals surface area contributed by atoms with E-state index in [0.717, 1.165) is 6.04 Å². The fourth-order valence-electron chi connectivity index (χ4n) is 3.85. The zero-order chi connectivity index (χ0) is 15.0. The van der Waals surface area contributed by atoms with Gasteiger partial charge in [0.2, 0.25) is 0 Å². The molecule has 1 aromatic carbocycles. The van der Waals surface area contributed by atoms with Crippen LogP contribution in [0.2, 0.25) is 0 Å². The average molecular weight is 287 g/mol. The molecule has 0 radical (unpaired) electrons. The molecule has 0 aromatic heterocycles. The summed E-state index contributed by atoms with van der Waals surface area (Å²) in [5.41, 5.74) is 2.67. The van der Waals surface area contributed by atoms with Crippen molar-refractivity contribution in [2.75, 3.05) is 43.5 Å². The second-order valence-corrected chi connectivity index (χ2v) is 7.17. The van der Waals surface area contributed by atoms with E-state index in [2.05, 4.69) is 66.9 Å². The molecule has 2 aliphatic heterocycles. The second kappa shape index (κ2) is 5.88. The summed E-state index contributed by atoms with van der Waals surface area (Å²) in [6.07, 6.45) is 2.75. The lowest BCUT2D eigenvalue weighted by atomic mass is 9.96. The SMILES string of the molecule is CC(C)C1CN2CCCC2CN1c1ccc(N(C)C)cc1. The van der Waals surface area contributed by atoms with E-state index in [9.17, 15) is 0 Å². The third-order valence-electron chi connectivity index (χ3n) is 5.20. The van der Waals surface area contributed by atoms with Crippen LogP contribution in [0.1, 0.15) is 26.7 Å². The number of fused-ring (bicyclic) bond motifs is 1. The Morgan fingerprint density at radius 3 is 2.43 bits per heavy atom. The molecule has 0 spiro atoms. The summed E-state index contributed by atoms with van der Waals surface area (Å²) < 4.78 is 0. The van der Waals surface area contributed by atoms with Gasteiger partial charge in [-0.15, -0.1) is 0 Å². The molecule has 3 heteroatoms. The van der Waals surface area contributed by atoms with Crippen LogP contribution in [0.3, 0.4) is 0 Å². The Morgan fingerprint density at radius 2 is 1.81 bits per heavy atom. The zero-order valence-electron chi connectivity index (χ0n) is 13.9. The minimum Gasteiger partial charge on any atom is -0.378 e. The van der Waals surface area contributed by atoms with Crippen molar-refractivity contribution in [1.82, 2.24) is 4.90 Å². The molecule has 0 N–H and O–H groups in total. The van der Waals surface area contributed by atoms with Crippen LogP contribution in [-0.4, -0.2) is 50.7 Å². The van der Waals surface area contributed by atoms with Gasteiger partial charge in [-0.1, -0.05) is 13.8 Å². The van der Waals surface area contributed by atoms with E-state index >= 15 is 0 Å². The first-order valence-electron chi connectivity index (χ1n) is 8.34. The highest BCUT2D eigenvalue weighted by Gasteiger charge is 2.37. The quantitative estimate of drug-likeness (QED) is 0.846. The van der Waals surface area contributed by atoms with Crippen molar-refractivity contribution in [3.63, 3.8) is 0 Å².